The minimum absolute atomic E-state index is 0.607. The van der Waals surface area contributed by atoms with E-state index in [1.54, 1.807) is 11.1 Å². The lowest BCUT2D eigenvalue weighted by Crippen LogP contribution is -1.99. The molecule has 1 nitrogen and oxygen atoms in total. The average Bonchev–Trinajstić information content (AvgIpc) is 2.82. The van der Waals surface area contributed by atoms with Gasteiger partial charge in [-0.1, -0.05) is 100 Å². The first kappa shape index (κ1) is 22.8. The smallest absolute Gasteiger partial charge is 0.198 e. The van der Waals surface area contributed by atoms with Gasteiger partial charge >= 0.3 is 0 Å². The van der Waals surface area contributed by atoms with Crippen LogP contribution in [-0.2, 0) is 17.6 Å². The largest absolute Gasteiger partial charge is 0.291 e. The zero-order chi connectivity index (χ0) is 22.2. The van der Waals surface area contributed by atoms with Crippen molar-refractivity contribution in [2.75, 3.05) is 0 Å². The second-order valence-corrected chi connectivity index (χ2v) is 9.45. The van der Waals surface area contributed by atoms with Gasteiger partial charge < -0.3 is 0 Å². The van der Waals surface area contributed by atoms with Crippen molar-refractivity contribution < 1.29 is 4.79 Å². The number of hydrogen-bond donors (Lipinski definition) is 0. The van der Waals surface area contributed by atoms with Crippen molar-refractivity contribution in [1.29, 1.82) is 0 Å². The molecule has 0 spiro atoms. The van der Waals surface area contributed by atoms with E-state index >= 15 is 0 Å². The number of unbranched alkanes of at least 4 members (excludes halogenated alkanes) is 9. The van der Waals surface area contributed by atoms with Crippen LogP contribution in [0.1, 0.15) is 88.7 Å². The van der Waals surface area contributed by atoms with Crippen LogP contribution in [0.25, 0.3) is 32.3 Å². The molecule has 0 heterocycles. The van der Waals surface area contributed by atoms with Gasteiger partial charge in [0.2, 0.25) is 0 Å². The third-order valence-electron chi connectivity index (χ3n) is 7.11. The minimum atomic E-state index is 0.607. The Balaban J connectivity index is 1.54. The maximum Gasteiger partial charge on any atom is 0.198 e. The zero-order valence-corrected chi connectivity index (χ0v) is 19.7. The Morgan fingerprint density at radius 2 is 1.31 bits per heavy atom. The number of aryl methyl sites for hydroxylation is 2. The number of benzene rings is 4. The van der Waals surface area contributed by atoms with E-state index in [2.05, 4.69) is 55.5 Å². The molecule has 0 atom stereocenters. The lowest BCUT2D eigenvalue weighted by atomic mass is 9.86. The molecule has 1 heteroatoms. The van der Waals surface area contributed by atoms with Crippen LogP contribution in [0.15, 0.2) is 48.5 Å². The summed E-state index contributed by atoms with van der Waals surface area (Å²) in [6.07, 6.45) is 17.5. The Morgan fingerprint density at radius 1 is 0.656 bits per heavy atom. The summed E-state index contributed by atoms with van der Waals surface area (Å²) in [6.45, 7) is 2.29. The fourth-order valence-corrected chi connectivity index (χ4v) is 5.40. The molecule has 32 heavy (non-hydrogen) atoms. The van der Waals surface area contributed by atoms with Crippen molar-refractivity contribution in [3.8, 4) is 0 Å². The lowest BCUT2D eigenvalue weighted by Gasteiger charge is -2.18. The third kappa shape index (κ3) is 5.14. The molecule has 0 aliphatic carbocycles. The highest BCUT2D eigenvalue weighted by molar-refractivity contribution is 6.23. The van der Waals surface area contributed by atoms with E-state index in [0.29, 0.717) is 6.42 Å². The van der Waals surface area contributed by atoms with Crippen LogP contribution in [-0.4, -0.2) is 6.29 Å². The van der Waals surface area contributed by atoms with E-state index in [4.69, 9.17) is 0 Å². The summed E-state index contributed by atoms with van der Waals surface area (Å²) in [7, 11) is 0. The summed E-state index contributed by atoms with van der Waals surface area (Å²) in [5.74, 6) is 0. The van der Waals surface area contributed by atoms with Gasteiger partial charge in [0.25, 0.3) is 0 Å². The molecule has 0 bridgehead atoms. The monoisotopic (exact) mass is 425 g/mol. The van der Waals surface area contributed by atoms with E-state index in [0.717, 1.165) is 6.42 Å². The van der Waals surface area contributed by atoms with Crippen molar-refractivity contribution in [1.82, 2.24) is 0 Å². The highest BCUT2D eigenvalue weighted by Gasteiger charge is 2.14. The molecule has 0 amide bonds. The minimum Gasteiger partial charge on any atom is -0.291 e. The normalized spacial score (nSPS) is 11.8. The highest BCUT2D eigenvalue weighted by Crippen LogP contribution is 2.38. The van der Waals surface area contributed by atoms with Crippen LogP contribution in [0.2, 0.25) is 0 Å². The van der Waals surface area contributed by atoms with Crippen LogP contribution in [0.3, 0.4) is 0 Å². The molecule has 0 aliphatic rings. The molecule has 0 saturated heterocycles. The molecule has 4 aromatic carbocycles. The van der Waals surface area contributed by atoms with Crippen LogP contribution < -0.4 is 0 Å². The SMILES string of the molecule is CCCCCc1cc2ccc3cccc4ccc(c1CCCCCCCCC[C]=O)c2c34. The molecule has 0 aliphatic heterocycles. The standard InChI is InChI=1S/C31H37O/c1-2-3-10-14-26-23-27-19-18-24-15-13-16-25-20-21-29(31(27)30(24)25)28(26)17-11-8-6-4-5-7-9-12-22-32/h13,15-16,18-21,23H,2-12,14,17H2,1H3. The summed E-state index contributed by atoms with van der Waals surface area (Å²) in [6, 6.07) is 18.5. The summed E-state index contributed by atoms with van der Waals surface area (Å²) < 4.78 is 0. The topological polar surface area (TPSA) is 17.1 Å². The molecule has 0 aromatic heterocycles. The van der Waals surface area contributed by atoms with Crippen molar-refractivity contribution in [2.45, 2.75) is 90.4 Å². The number of hydrogen-bond acceptors (Lipinski definition) is 1. The average molecular weight is 426 g/mol. The maximum absolute atomic E-state index is 10.3. The van der Waals surface area contributed by atoms with Crippen molar-refractivity contribution >= 4 is 38.6 Å². The quantitative estimate of drug-likeness (QED) is 0.145. The molecule has 4 rings (SSSR count). The van der Waals surface area contributed by atoms with Crippen LogP contribution in [0.4, 0.5) is 0 Å². The first-order valence-corrected chi connectivity index (χ1v) is 12.9. The maximum atomic E-state index is 10.3. The third-order valence-corrected chi connectivity index (χ3v) is 7.11. The highest BCUT2D eigenvalue weighted by atomic mass is 16.1. The van der Waals surface area contributed by atoms with Gasteiger partial charge in [0, 0.05) is 6.42 Å². The van der Waals surface area contributed by atoms with E-state index in [1.807, 2.05) is 6.29 Å². The summed E-state index contributed by atoms with van der Waals surface area (Å²) >= 11 is 0. The molecule has 4 aromatic rings. The first-order valence-electron chi connectivity index (χ1n) is 12.9. The molecular weight excluding hydrogens is 388 g/mol. The van der Waals surface area contributed by atoms with E-state index in [1.165, 1.54) is 103 Å². The molecule has 0 fully saturated rings. The molecule has 0 unspecified atom stereocenters. The van der Waals surface area contributed by atoms with E-state index in [-0.39, 0.29) is 0 Å². The van der Waals surface area contributed by atoms with Crippen LogP contribution in [0.5, 0.6) is 0 Å². The van der Waals surface area contributed by atoms with Crippen molar-refractivity contribution in [2.24, 2.45) is 0 Å². The van der Waals surface area contributed by atoms with Gasteiger partial charge in [-0.25, -0.2) is 0 Å². The zero-order valence-electron chi connectivity index (χ0n) is 19.7. The molecule has 0 N–H and O–H groups in total. The molecule has 0 saturated carbocycles. The van der Waals surface area contributed by atoms with Gasteiger partial charge in [0.1, 0.15) is 0 Å². The van der Waals surface area contributed by atoms with E-state index < -0.39 is 0 Å². The summed E-state index contributed by atoms with van der Waals surface area (Å²) in [5, 5.41) is 8.53. The van der Waals surface area contributed by atoms with Crippen molar-refractivity contribution in [3.63, 3.8) is 0 Å². The van der Waals surface area contributed by atoms with Gasteiger partial charge in [0.15, 0.2) is 6.29 Å². The van der Waals surface area contributed by atoms with Gasteiger partial charge in [0.05, 0.1) is 0 Å². The van der Waals surface area contributed by atoms with E-state index in [9.17, 15) is 4.79 Å². The van der Waals surface area contributed by atoms with Crippen molar-refractivity contribution in [3.05, 3.63) is 59.7 Å². The Morgan fingerprint density at radius 3 is 2.06 bits per heavy atom. The Hall–Kier alpha value is -2.41. The van der Waals surface area contributed by atoms with Crippen LogP contribution >= 0.6 is 0 Å². The second-order valence-electron chi connectivity index (χ2n) is 9.45. The Bertz CT molecular complexity index is 1120. The van der Waals surface area contributed by atoms with Gasteiger partial charge in [-0.05, 0) is 75.5 Å². The van der Waals surface area contributed by atoms with Gasteiger partial charge in [-0.3, -0.25) is 4.79 Å². The fraction of sp³-hybridized carbons (Fsp3) is 0.452. The molecule has 1 radical (unpaired) electrons. The lowest BCUT2D eigenvalue weighted by molar-refractivity contribution is 0.539. The number of rotatable bonds is 14. The Kier molecular flexibility index (Phi) is 8.15. The summed E-state index contributed by atoms with van der Waals surface area (Å²) in [5.41, 5.74) is 3.18. The predicted octanol–water partition coefficient (Wildman–Crippen LogP) is 9.09. The summed E-state index contributed by atoms with van der Waals surface area (Å²) in [4.78, 5) is 10.3. The fourth-order valence-electron chi connectivity index (χ4n) is 5.40. The van der Waals surface area contributed by atoms with Gasteiger partial charge in [-0.15, -0.1) is 0 Å². The van der Waals surface area contributed by atoms with Gasteiger partial charge in [-0.2, -0.15) is 0 Å². The first-order chi connectivity index (χ1) is 15.8. The Labute approximate surface area is 193 Å². The molecule has 167 valence electrons. The molecular formula is C31H37O. The second kappa shape index (κ2) is 11.5. The predicted molar refractivity (Wildman–Crippen MR) is 140 cm³/mol. The van der Waals surface area contributed by atoms with Crippen LogP contribution in [0, 0.1) is 0 Å². The number of carbonyl (C=O) groups excluding carboxylic acids is 1.